The standard InChI is InChI=1S/C13H16N2S/c1-13(14-2,12-15-8-9-16-12)10-11-6-4-3-5-7-11/h3-9,14H,10H2,1-2H3. The van der Waals surface area contributed by atoms with Crippen LogP contribution in [0.1, 0.15) is 17.5 Å². The molecule has 0 fully saturated rings. The number of benzene rings is 1. The van der Waals surface area contributed by atoms with Crippen LogP contribution in [-0.2, 0) is 12.0 Å². The Hall–Kier alpha value is -1.19. The minimum absolute atomic E-state index is 0.0739. The molecule has 1 aromatic carbocycles. The average Bonchev–Trinajstić information content (AvgIpc) is 2.84. The average molecular weight is 232 g/mol. The van der Waals surface area contributed by atoms with Crippen molar-refractivity contribution in [3.05, 3.63) is 52.5 Å². The van der Waals surface area contributed by atoms with Crippen molar-refractivity contribution in [1.82, 2.24) is 10.3 Å². The van der Waals surface area contributed by atoms with Crippen LogP contribution >= 0.6 is 11.3 Å². The van der Waals surface area contributed by atoms with Crippen LogP contribution in [0.2, 0.25) is 0 Å². The maximum Gasteiger partial charge on any atom is 0.113 e. The van der Waals surface area contributed by atoms with Gasteiger partial charge in [0.25, 0.3) is 0 Å². The van der Waals surface area contributed by atoms with Gasteiger partial charge >= 0.3 is 0 Å². The highest BCUT2D eigenvalue weighted by atomic mass is 32.1. The molecule has 0 aliphatic carbocycles. The van der Waals surface area contributed by atoms with E-state index < -0.39 is 0 Å². The van der Waals surface area contributed by atoms with Gasteiger partial charge in [0.1, 0.15) is 5.01 Å². The Morgan fingerprint density at radius 2 is 2.06 bits per heavy atom. The summed E-state index contributed by atoms with van der Waals surface area (Å²) in [6, 6.07) is 10.5. The van der Waals surface area contributed by atoms with Crippen LogP contribution in [-0.4, -0.2) is 12.0 Å². The topological polar surface area (TPSA) is 24.9 Å². The zero-order valence-corrected chi connectivity index (χ0v) is 10.4. The van der Waals surface area contributed by atoms with E-state index in [1.807, 2.05) is 24.7 Å². The molecule has 0 spiro atoms. The van der Waals surface area contributed by atoms with E-state index >= 15 is 0 Å². The van der Waals surface area contributed by atoms with Crippen molar-refractivity contribution in [2.75, 3.05) is 7.05 Å². The smallest absolute Gasteiger partial charge is 0.113 e. The van der Waals surface area contributed by atoms with Crippen molar-refractivity contribution in [3.63, 3.8) is 0 Å². The highest BCUT2D eigenvalue weighted by Crippen LogP contribution is 2.26. The van der Waals surface area contributed by atoms with Crippen molar-refractivity contribution < 1.29 is 0 Å². The fraction of sp³-hybridized carbons (Fsp3) is 0.308. The van der Waals surface area contributed by atoms with Crippen LogP contribution in [0.25, 0.3) is 0 Å². The van der Waals surface area contributed by atoms with Crippen LogP contribution in [0.5, 0.6) is 0 Å². The van der Waals surface area contributed by atoms with Crippen molar-refractivity contribution in [2.24, 2.45) is 0 Å². The molecule has 3 heteroatoms. The lowest BCUT2D eigenvalue weighted by atomic mass is 9.93. The number of aromatic nitrogens is 1. The van der Waals surface area contributed by atoms with E-state index in [4.69, 9.17) is 0 Å². The fourth-order valence-electron chi connectivity index (χ4n) is 1.77. The second kappa shape index (κ2) is 4.76. The van der Waals surface area contributed by atoms with Crippen LogP contribution in [0, 0.1) is 0 Å². The molecule has 0 aliphatic rings. The number of nitrogens with zero attached hydrogens (tertiary/aromatic N) is 1. The molecule has 84 valence electrons. The first-order chi connectivity index (χ1) is 7.74. The second-order valence-corrected chi connectivity index (χ2v) is 4.98. The summed E-state index contributed by atoms with van der Waals surface area (Å²) in [6.07, 6.45) is 2.82. The van der Waals surface area contributed by atoms with Gasteiger partial charge in [0, 0.05) is 11.6 Å². The quantitative estimate of drug-likeness (QED) is 0.877. The summed E-state index contributed by atoms with van der Waals surface area (Å²) in [5.41, 5.74) is 1.25. The molecule has 0 saturated heterocycles. The fourth-order valence-corrected chi connectivity index (χ4v) is 2.58. The molecule has 1 heterocycles. The summed E-state index contributed by atoms with van der Waals surface area (Å²) in [5, 5.41) is 6.54. The summed E-state index contributed by atoms with van der Waals surface area (Å²) >= 11 is 1.70. The van der Waals surface area contributed by atoms with Crippen molar-refractivity contribution in [2.45, 2.75) is 18.9 Å². The molecule has 0 saturated carbocycles. The van der Waals surface area contributed by atoms with E-state index in [9.17, 15) is 0 Å². The molecular formula is C13H16N2S. The molecule has 0 aliphatic heterocycles. The number of hydrogen-bond acceptors (Lipinski definition) is 3. The predicted octanol–water partition coefficient (Wildman–Crippen LogP) is 2.82. The van der Waals surface area contributed by atoms with Crippen molar-refractivity contribution in [3.8, 4) is 0 Å². The Kier molecular flexibility index (Phi) is 3.36. The van der Waals surface area contributed by atoms with Gasteiger partial charge in [-0.3, -0.25) is 0 Å². The third-order valence-electron chi connectivity index (χ3n) is 2.86. The first kappa shape index (κ1) is 11.3. The Labute approximate surface area is 100 Å². The molecule has 0 radical (unpaired) electrons. The van der Waals surface area contributed by atoms with E-state index in [1.54, 1.807) is 11.3 Å². The Morgan fingerprint density at radius 1 is 1.31 bits per heavy atom. The molecule has 2 nitrogen and oxygen atoms in total. The third kappa shape index (κ3) is 2.31. The minimum atomic E-state index is -0.0739. The normalized spacial score (nSPS) is 14.6. The molecule has 1 N–H and O–H groups in total. The molecular weight excluding hydrogens is 216 g/mol. The van der Waals surface area contributed by atoms with E-state index in [1.165, 1.54) is 5.56 Å². The Balaban J connectivity index is 2.23. The van der Waals surface area contributed by atoms with Gasteiger partial charge in [0.2, 0.25) is 0 Å². The van der Waals surface area contributed by atoms with Gasteiger partial charge in [-0.25, -0.2) is 4.98 Å². The first-order valence-electron chi connectivity index (χ1n) is 5.37. The summed E-state index contributed by atoms with van der Waals surface area (Å²) in [5.74, 6) is 0. The third-order valence-corrected chi connectivity index (χ3v) is 3.89. The first-order valence-corrected chi connectivity index (χ1v) is 6.25. The van der Waals surface area contributed by atoms with E-state index in [0.717, 1.165) is 11.4 Å². The minimum Gasteiger partial charge on any atom is -0.308 e. The molecule has 1 aromatic heterocycles. The highest BCUT2D eigenvalue weighted by molar-refractivity contribution is 7.09. The molecule has 0 bridgehead atoms. The van der Waals surface area contributed by atoms with Gasteiger partial charge in [0.05, 0.1) is 5.54 Å². The van der Waals surface area contributed by atoms with E-state index in [2.05, 4.69) is 41.5 Å². The van der Waals surface area contributed by atoms with Gasteiger partial charge in [-0.15, -0.1) is 11.3 Å². The van der Waals surface area contributed by atoms with E-state index in [-0.39, 0.29) is 5.54 Å². The number of thiazole rings is 1. The van der Waals surface area contributed by atoms with E-state index in [0.29, 0.717) is 0 Å². The summed E-state index contributed by atoms with van der Waals surface area (Å²) in [6.45, 7) is 2.19. The van der Waals surface area contributed by atoms with Crippen molar-refractivity contribution >= 4 is 11.3 Å². The van der Waals surface area contributed by atoms with Crippen LogP contribution in [0.3, 0.4) is 0 Å². The SMILES string of the molecule is CNC(C)(Cc1ccccc1)c1nccs1. The summed E-state index contributed by atoms with van der Waals surface area (Å²) in [4.78, 5) is 4.41. The molecule has 2 aromatic rings. The van der Waals surface area contributed by atoms with Crippen LogP contribution < -0.4 is 5.32 Å². The van der Waals surface area contributed by atoms with Crippen molar-refractivity contribution in [1.29, 1.82) is 0 Å². The zero-order chi connectivity index (χ0) is 11.4. The lowest BCUT2D eigenvalue weighted by molar-refractivity contribution is 0.395. The number of rotatable bonds is 4. The van der Waals surface area contributed by atoms with Gasteiger partial charge in [-0.2, -0.15) is 0 Å². The molecule has 1 unspecified atom stereocenters. The molecule has 2 rings (SSSR count). The van der Waals surface area contributed by atoms with Gasteiger partial charge in [-0.1, -0.05) is 30.3 Å². The summed E-state index contributed by atoms with van der Waals surface area (Å²) < 4.78 is 0. The van der Waals surface area contributed by atoms with Gasteiger partial charge in [0.15, 0.2) is 0 Å². The lowest BCUT2D eigenvalue weighted by Gasteiger charge is -2.27. The summed E-state index contributed by atoms with van der Waals surface area (Å²) in [7, 11) is 1.99. The van der Waals surface area contributed by atoms with Crippen LogP contribution in [0.15, 0.2) is 41.9 Å². The maximum absolute atomic E-state index is 4.41. The largest absolute Gasteiger partial charge is 0.308 e. The Bertz CT molecular complexity index is 424. The predicted molar refractivity (Wildman–Crippen MR) is 68.7 cm³/mol. The number of hydrogen-bond donors (Lipinski definition) is 1. The number of likely N-dealkylation sites (N-methyl/N-ethyl adjacent to an activating group) is 1. The molecule has 0 amide bonds. The highest BCUT2D eigenvalue weighted by Gasteiger charge is 2.27. The second-order valence-electron chi connectivity index (χ2n) is 4.08. The molecule has 1 atom stereocenters. The van der Waals surface area contributed by atoms with Gasteiger partial charge < -0.3 is 5.32 Å². The maximum atomic E-state index is 4.41. The Morgan fingerprint density at radius 3 is 2.62 bits per heavy atom. The zero-order valence-electron chi connectivity index (χ0n) is 9.60. The number of nitrogens with one attached hydrogen (secondary N) is 1. The van der Waals surface area contributed by atoms with Crippen LogP contribution in [0.4, 0.5) is 0 Å². The molecule has 16 heavy (non-hydrogen) atoms. The lowest BCUT2D eigenvalue weighted by Crippen LogP contribution is -2.38. The monoisotopic (exact) mass is 232 g/mol. The van der Waals surface area contributed by atoms with Gasteiger partial charge in [-0.05, 0) is 26.0 Å².